The highest BCUT2D eigenvalue weighted by atomic mass is 35.5. The van der Waals surface area contributed by atoms with E-state index in [0.717, 1.165) is 46.1 Å². The number of methoxy groups -OCH3 is 1. The monoisotopic (exact) mass is 471 g/mol. The number of likely N-dealkylation sites (N-methyl/N-ethyl adjacent to an activating group) is 1. The Bertz CT molecular complexity index is 1070. The van der Waals surface area contributed by atoms with Crippen molar-refractivity contribution in [3.8, 4) is 5.75 Å². The number of hydrogen-bond acceptors (Lipinski definition) is 7. The van der Waals surface area contributed by atoms with Crippen LogP contribution in [0.25, 0.3) is 0 Å². The van der Waals surface area contributed by atoms with Crippen LogP contribution in [0, 0.1) is 0 Å². The molecule has 0 N–H and O–H groups in total. The molecule has 3 aromatic rings. The summed E-state index contributed by atoms with van der Waals surface area (Å²) in [6.45, 7) is 3.25. The molecule has 168 valence electrons. The third-order valence-electron chi connectivity index (χ3n) is 5.46. The molecule has 0 aliphatic carbocycles. The molecule has 0 bridgehead atoms. The average Bonchev–Trinajstić information content (AvgIpc) is 3.28. The second kappa shape index (κ2) is 10.2. The molecule has 0 radical (unpaired) electrons. The van der Waals surface area contributed by atoms with Crippen molar-refractivity contribution < 1.29 is 9.53 Å². The Kier molecular flexibility index (Phi) is 7.12. The smallest absolute Gasteiger partial charge is 0.242 e. The third kappa shape index (κ3) is 5.49. The molecule has 1 saturated heterocycles. The Hall–Kier alpha value is -2.84. The van der Waals surface area contributed by atoms with Crippen molar-refractivity contribution in [3.63, 3.8) is 0 Å². The predicted molar refractivity (Wildman–Crippen MR) is 129 cm³/mol. The van der Waals surface area contributed by atoms with Gasteiger partial charge in [0.15, 0.2) is 0 Å². The van der Waals surface area contributed by atoms with E-state index in [9.17, 15) is 4.79 Å². The zero-order chi connectivity index (χ0) is 22.5. The summed E-state index contributed by atoms with van der Waals surface area (Å²) >= 11 is 7.42. The molecule has 7 nitrogen and oxygen atoms in total. The van der Waals surface area contributed by atoms with Crippen molar-refractivity contribution in [2.24, 2.45) is 0 Å². The van der Waals surface area contributed by atoms with Gasteiger partial charge in [-0.15, -0.1) is 0 Å². The fraction of sp³-hybridized carbons (Fsp3) is 0.348. The molecule has 4 rings (SSSR count). The maximum atomic E-state index is 12.8. The van der Waals surface area contributed by atoms with Gasteiger partial charge in [0.1, 0.15) is 11.6 Å². The van der Waals surface area contributed by atoms with Crippen LogP contribution in [-0.2, 0) is 11.2 Å². The van der Waals surface area contributed by atoms with Crippen molar-refractivity contribution in [1.82, 2.24) is 14.3 Å². The number of halogens is 1. The summed E-state index contributed by atoms with van der Waals surface area (Å²) in [5.41, 5.74) is 2.18. The highest BCUT2D eigenvalue weighted by Crippen LogP contribution is 2.22. The van der Waals surface area contributed by atoms with Gasteiger partial charge in [-0.25, -0.2) is 4.98 Å². The van der Waals surface area contributed by atoms with E-state index in [-0.39, 0.29) is 12.5 Å². The zero-order valence-corrected chi connectivity index (χ0v) is 19.8. The van der Waals surface area contributed by atoms with Crippen molar-refractivity contribution in [2.75, 3.05) is 56.7 Å². The van der Waals surface area contributed by atoms with Gasteiger partial charge in [-0.3, -0.25) is 4.79 Å². The minimum absolute atomic E-state index is 0.0998. The van der Waals surface area contributed by atoms with Gasteiger partial charge < -0.3 is 19.4 Å². The van der Waals surface area contributed by atoms with Crippen molar-refractivity contribution in [1.29, 1.82) is 0 Å². The topological polar surface area (TPSA) is 61.8 Å². The first-order valence-electron chi connectivity index (χ1n) is 10.5. The largest absolute Gasteiger partial charge is 0.497 e. The number of benzene rings is 2. The van der Waals surface area contributed by atoms with Crippen molar-refractivity contribution in [2.45, 2.75) is 6.42 Å². The number of carbonyl (C=O) groups excluding carboxylic acids is 1. The van der Waals surface area contributed by atoms with Crippen molar-refractivity contribution in [3.05, 3.63) is 64.9 Å². The van der Waals surface area contributed by atoms with Crippen LogP contribution in [0.1, 0.15) is 11.4 Å². The molecular weight excluding hydrogens is 446 g/mol. The Labute approximate surface area is 197 Å². The van der Waals surface area contributed by atoms with Crippen LogP contribution < -0.4 is 14.5 Å². The van der Waals surface area contributed by atoms with Gasteiger partial charge in [-0.05, 0) is 35.9 Å². The number of anilines is 2. The molecule has 2 heterocycles. The van der Waals surface area contributed by atoms with Gasteiger partial charge in [-0.1, -0.05) is 29.8 Å². The highest BCUT2D eigenvalue weighted by molar-refractivity contribution is 7.09. The fourth-order valence-electron chi connectivity index (χ4n) is 3.69. The number of amides is 1. The third-order valence-corrected chi connectivity index (χ3v) is 6.56. The maximum Gasteiger partial charge on any atom is 0.242 e. The van der Waals surface area contributed by atoms with E-state index < -0.39 is 0 Å². The maximum absolute atomic E-state index is 12.8. The van der Waals surface area contributed by atoms with Crippen LogP contribution in [0.4, 0.5) is 10.8 Å². The Morgan fingerprint density at radius 2 is 1.94 bits per heavy atom. The summed E-state index contributed by atoms with van der Waals surface area (Å²) < 4.78 is 9.74. The number of hydrogen-bond donors (Lipinski definition) is 0. The van der Waals surface area contributed by atoms with Gasteiger partial charge in [-0.2, -0.15) is 4.37 Å². The predicted octanol–water partition coefficient (Wildman–Crippen LogP) is 3.58. The molecule has 0 unspecified atom stereocenters. The minimum Gasteiger partial charge on any atom is -0.497 e. The number of nitrogens with zero attached hydrogens (tertiary/aromatic N) is 5. The summed E-state index contributed by atoms with van der Waals surface area (Å²) in [6, 6.07) is 15.7. The molecule has 9 heteroatoms. The normalized spacial score (nSPS) is 13.8. The zero-order valence-electron chi connectivity index (χ0n) is 18.2. The standard InChI is InChI=1S/C23H26ClN5O2S/c1-27(23-25-21(26-32-23)14-17-5-3-8-20(13-17)31-2)16-22(30)29-11-9-28(10-12-29)19-7-4-6-18(24)15-19/h3-8,13,15H,9-12,14,16H2,1-2H3. The fourth-order valence-corrected chi connectivity index (χ4v) is 4.52. The van der Waals surface area contributed by atoms with E-state index in [1.807, 2.05) is 59.3 Å². The first-order valence-corrected chi connectivity index (χ1v) is 11.6. The first kappa shape index (κ1) is 22.4. The lowest BCUT2D eigenvalue weighted by Gasteiger charge is -2.36. The van der Waals surface area contributed by atoms with E-state index in [1.165, 1.54) is 11.5 Å². The molecule has 2 aromatic carbocycles. The average molecular weight is 472 g/mol. The second-order valence-electron chi connectivity index (χ2n) is 7.73. The van der Waals surface area contributed by atoms with Crippen LogP contribution >= 0.6 is 23.1 Å². The van der Waals surface area contributed by atoms with Gasteiger partial charge >= 0.3 is 0 Å². The van der Waals surface area contributed by atoms with E-state index in [4.69, 9.17) is 16.3 Å². The molecule has 1 fully saturated rings. The number of aromatic nitrogens is 2. The summed E-state index contributed by atoms with van der Waals surface area (Å²) in [5, 5.41) is 1.47. The number of carbonyl (C=O) groups is 1. The molecule has 32 heavy (non-hydrogen) atoms. The highest BCUT2D eigenvalue weighted by Gasteiger charge is 2.23. The van der Waals surface area contributed by atoms with E-state index in [0.29, 0.717) is 19.5 Å². The lowest BCUT2D eigenvalue weighted by atomic mass is 10.1. The Balaban J connectivity index is 1.29. The van der Waals surface area contributed by atoms with E-state index in [2.05, 4.69) is 20.3 Å². The second-order valence-corrected chi connectivity index (χ2v) is 8.89. The molecule has 0 spiro atoms. The molecule has 0 saturated carbocycles. The van der Waals surface area contributed by atoms with Gasteiger partial charge in [0.2, 0.25) is 11.0 Å². The quantitative estimate of drug-likeness (QED) is 0.525. The molecule has 1 aliphatic rings. The summed E-state index contributed by atoms with van der Waals surface area (Å²) in [4.78, 5) is 23.5. The molecule has 1 amide bonds. The van der Waals surface area contributed by atoms with Gasteiger partial charge in [0.25, 0.3) is 0 Å². The molecular formula is C23H26ClN5O2S. The first-order chi connectivity index (χ1) is 15.5. The summed E-state index contributed by atoms with van der Waals surface area (Å²) in [5.74, 6) is 1.66. The lowest BCUT2D eigenvalue weighted by molar-refractivity contribution is -0.129. The van der Waals surface area contributed by atoms with Crippen LogP contribution in [0.15, 0.2) is 48.5 Å². The van der Waals surface area contributed by atoms with Crippen molar-refractivity contribution >= 4 is 39.9 Å². The van der Waals surface area contributed by atoms with E-state index in [1.54, 1.807) is 7.11 Å². The number of piperazine rings is 1. The number of rotatable bonds is 7. The Morgan fingerprint density at radius 3 is 2.69 bits per heavy atom. The van der Waals surface area contributed by atoms with Crippen LogP contribution in [0.2, 0.25) is 5.02 Å². The molecule has 1 aliphatic heterocycles. The number of ether oxygens (including phenoxy) is 1. The SMILES string of the molecule is COc1cccc(Cc2nsc(N(C)CC(=O)N3CCN(c4cccc(Cl)c4)CC3)n2)c1. The lowest BCUT2D eigenvalue weighted by Crippen LogP contribution is -2.51. The summed E-state index contributed by atoms with van der Waals surface area (Å²) in [6.07, 6.45) is 0.626. The minimum atomic E-state index is 0.0998. The van der Waals surface area contributed by atoms with Crippen LogP contribution in [0.3, 0.4) is 0 Å². The van der Waals surface area contributed by atoms with Gasteiger partial charge in [0, 0.05) is 61.9 Å². The van der Waals surface area contributed by atoms with Crippen LogP contribution in [0.5, 0.6) is 5.75 Å². The van der Waals surface area contributed by atoms with Crippen LogP contribution in [-0.4, -0.2) is 67.0 Å². The van der Waals surface area contributed by atoms with Gasteiger partial charge in [0.05, 0.1) is 13.7 Å². The summed E-state index contributed by atoms with van der Waals surface area (Å²) in [7, 11) is 3.54. The van der Waals surface area contributed by atoms with E-state index >= 15 is 0 Å². The molecule has 1 aromatic heterocycles. The molecule has 0 atom stereocenters. The Morgan fingerprint density at radius 1 is 1.16 bits per heavy atom.